The molecular weight excluding hydrogens is 298 g/mol. The molecule has 100 valence electrons. The fourth-order valence-electron chi connectivity index (χ4n) is 1.99. The Morgan fingerprint density at radius 3 is 2.11 bits per heavy atom. The predicted molar refractivity (Wildman–Crippen MR) is 85.2 cm³/mol. The maximum atomic E-state index is 3.57. The van der Waals surface area contributed by atoms with Gasteiger partial charge in [-0.2, -0.15) is 0 Å². The number of benzene rings is 2. The fraction of sp³-hybridized carbons (Fsp3) is 0.294. The summed E-state index contributed by atoms with van der Waals surface area (Å²) in [5.74, 6) is 0. The second kappa shape index (κ2) is 6.88. The van der Waals surface area contributed by atoms with Gasteiger partial charge >= 0.3 is 0 Å². The van der Waals surface area contributed by atoms with Gasteiger partial charge in [-0.1, -0.05) is 59.3 Å². The van der Waals surface area contributed by atoms with Crippen molar-refractivity contribution in [2.75, 3.05) is 0 Å². The molecule has 0 amide bonds. The van der Waals surface area contributed by atoms with E-state index in [1.54, 1.807) is 0 Å². The van der Waals surface area contributed by atoms with Crippen molar-refractivity contribution < 1.29 is 0 Å². The van der Waals surface area contributed by atoms with Crippen LogP contribution in [0.1, 0.15) is 29.2 Å². The largest absolute Gasteiger partial charge is 0.309 e. The van der Waals surface area contributed by atoms with E-state index in [0.717, 1.165) is 19.5 Å². The van der Waals surface area contributed by atoms with E-state index >= 15 is 0 Å². The van der Waals surface area contributed by atoms with E-state index in [1.807, 2.05) is 0 Å². The first-order valence-corrected chi connectivity index (χ1v) is 7.52. The summed E-state index contributed by atoms with van der Waals surface area (Å²) in [6, 6.07) is 15.3. The van der Waals surface area contributed by atoms with E-state index in [1.165, 1.54) is 26.7 Å². The van der Waals surface area contributed by atoms with Gasteiger partial charge in [0.25, 0.3) is 0 Å². The molecule has 2 aromatic carbocycles. The molecule has 0 spiro atoms. The second-order valence-electron chi connectivity index (χ2n) is 4.86. The molecule has 0 bridgehead atoms. The molecule has 0 heterocycles. The first-order chi connectivity index (χ1) is 9.19. The summed E-state index contributed by atoms with van der Waals surface area (Å²) < 4.78 is 1.18. The minimum absolute atomic E-state index is 0.897. The van der Waals surface area contributed by atoms with Gasteiger partial charge in [0.2, 0.25) is 0 Å². The highest BCUT2D eigenvalue weighted by atomic mass is 79.9. The molecule has 0 fully saturated rings. The molecule has 0 aliphatic heterocycles. The van der Waals surface area contributed by atoms with E-state index in [2.05, 4.69) is 77.6 Å². The Morgan fingerprint density at radius 1 is 0.895 bits per heavy atom. The molecule has 1 nitrogen and oxygen atoms in total. The number of halogens is 1. The van der Waals surface area contributed by atoms with Crippen LogP contribution in [0.2, 0.25) is 0 Å². The van der Waals surface area contributed by atoms with Crippen LogP contribution < -0.4 is 5.32 Å². The number of hydrogen-bond acceptors (Lipinski definition) is 1. The quantitative estimate of drug-likeness (QED) is 0.849. The zero-order valence-corrected chi connectivity index (χ0v) is 13.1. The van der Waals surface area contributed by atoms with Gasteiger partial charge in [-0.25, -0.2) is 0 Å². The van der Waals surface area contributed by atoms with Gasteiger partial charge < -0.3 is 5.32 Å². The summed E-state index contributed by atoms with van der Waals surface area (Å²) in [7, 11) is 0. The smallest absolute Gasteiger partial charge is 0.0209 e. The molecule has 0 radical (unpaired) electrons. The fourth-order valence-corrected chi connectivity index (χ4v) is 2.42. The Hall–Kier alpha value is -1.12. The van der Waals surface area contributed by atoms with Gasteiger partial charge in [-0.15, -0.1) is 0 Å². The van der Waals surface area contributed by atoms with Crippen molar-refractivity contribution in [3.63, 3.8) is 0 Å². The molecule has 19 heavy (non-hydrogen) atoms. The van der Waals surface area contributed by atoms with Crippen LogP contribution in [0.25, 0.3) is 0 Å². The standard InChI is InChI=1S/C17H20BrN/c1-3-14-6-8-15(9-7-14)11-19-12-16-5-4-13(2)17(18)10-16/h4-10,19H,3,11-12H2,1-2H3. The summed E-state index contributed by atoms with van der Waals surface area (Å²) in [6.07, 6.45) is 1.10. The zero-order valence-electron chi connectivity index (χ0n) is 11.5. The molecule has 0 aliphatic carbocycles. The van der Waals surface area contributed by atoms with Crippen LogP contribution in [0, 0.1) is 6.92 Å². The number of aryl methyl sites for hydroxylation is 2. The molecule has 2 rings (SSSR count). The SMILES string of the molecule is CCc1ccc(CNCc2ccc(C)c(Br)c2)cc1. The predicted octanol–water partition coefficient (Wildman–Crippen LogP) is 4.61. The Bertz CT molecular complexity index is 531. The molecule has 2 aromatic rings. The van der Waals surface area contributed by atoms with Gasteiger partial charge in [-0.05, 0) is 41.7 Å². The monoisotopic (exact) mass is 317 g/mol. The van der Waals surface area contributed by atoms with Gasteiger partial charge in [0.15, 0.2) is 0 Å². The van der Waals surface area contributed by atoms with Crippen LogP contribution in [0.15, 0.2) is 46.9 Å². The highest BCUT2D eigenvalue weighted by Crippen LogP contribution is 2.17. The Morgan fingerprint density at radius 2 is 1.47 bits per heavy atom. The summed E-state index contributed by atoms with van der Waals surface area (Å²) in [6.45, 7) is 6.10. The Labute approximate surface area is 124 Å². The molecule has 2 heteroatoms. The normalized spacial score (nSPS) is 10.7. The summed E-state index contributed by atoms with van der Waals surface area (Å²) in [4.78, 5) is 0. The van der Waals surface area contributed by atoms with Crippen molar-refractivity contribution in [1.29, 1.82) is 0 Å². The van der Waals surface area contributed by atoms with Crippen LogP contribution in [0.3, 0.4) is 0 Å². The second-order valence-corrected chi connectivity index (χ2v) is 5.71. The van der Waals surface area contributed by atoms with Crippen molar-refractivity contribution in [1.82, 2.24) is 5.32 Å². The van der Waals surface area contributed by atoms with Crippen molar-refractivity contribution in [2.45, 2.75) is 33.4 Å². The first kappa shape index (κ1) is 14.3. The number of nitrogens with one attached hydrogen (secondary N) is 1. The summed E-state index contributed by atoms with van der Waals surface area (Å²) in [5, 5.41) is 3.48. The average Bonchev–Trinajstić information content (AvgIpc) is 2.43. The molecule has 0 atom stereocenters. The third-order valence-corrected chi connectivity index (χ3v) is 4.18. The molecule has 0 aliphatic rings. The van der Waals surface area contributed by atoms with Crippen LogP contribution in [0.4, 0.5) is 0 Å². The van der Waals surface area contributed by atoms with Crippen molar-refractivity contribution in [3.8, 4) is 0 Å². The number of hydrogen-bond donors (Lipinski definition) is 1. The lowest BCUT2D eigenvalue weighted by Gasteiger charge is -2.07. The van der Waals surface area contributed by atoms with E-state index in [9.17, 15) is 0 Å². The van der Waals surface area contributed by atoms with Crippen molar-refractivity contribution in [2.24, 2.45) is 0 Å². The summed E-state index contributed by atoms with van der Waals surface area (Å²) in [5.41, 5.74) is 5.32. The third kappa shape index (κ3) is 4.19. The lowest BCUT2D eigenvalue weighted by Crippen LogP contribution is -2.12. The molecular formula is C17H20BrN. The van der Waals surface area contributed by atoms with Crippen LogP contribution in [-0.4, -0.2) is 0 Å². The van der Waals surface area contributed by atoms with E-state index in [4.69, 9.17) is 0 Å². The van der Waals surface area contributed by atoms with Crippen LogP contribution >= 0.6 is 15.9 Å². The summed E-state index contributed by atoms with van der Waals surface area (Å²) >= 11 is 3.57. The van der Waals surface area contributed by atoms with Crippen molar-refractivity contribution in [3.05, 3.63) is 69.2 Å². The maximum Gasteiger partial charge on any atom is 0.0209 e. The molecule has 0 unspecified atom stereocenters. The average molecular weight is 318 g/mol. The van der Waals surface area contributed by atoms with Crippen LogP contribution in [0.5, 0.6) is 0 Å². The van der Waals surface area contributed by atoms with E-state index < -0.39 is 0 Å². The molecule has 0 aromatic heterocycles. The molecule has 0 saturated heterocycles. The molecule has 0 saturated carbocycles. The van der Waals surface area contributed by atoms with E-state index in [-0.39, 0.29) is 0 Å². The zero-order chi connectivity index (χ0) is 13.7. The van der Waals surface area contributed by atoms with Gasteiger partial charge in [0.1, 0.15) is 0 Å². The van der Waals surface area contributed by atoms with Gasteiger partial charge in [-0.3, -0.25) is 0 Å². The Balaban J connectivity index is 1.86. The van der Waals surface area contributed by atoms with Crippen molar-refractivity contribution >= 4 is 15.9 Å². The number of rotatable bonds is 5. The minimum Gasteiger partial charge on any atom is -0.309 e. The third-order valence-electron chi connectivity index (χ3n) is 3.33. The highest BCUT2D eigenvalue weighted by Gasteiger charge is 1.98. The van der Waals surface area contributed by atoms with Gasteiger partial charge in [0.05, 0.1) is 0 Å². The van der Waals surface area contributed by atoms with Gasteiger partial charge in [0, 0.05) is 17.6 Å². The minimum atomic E-state index is 0.897. The first-order valence-electron chi connectivity index (χ1n) is 6.72. The highest BCUT2D eigenvalue weighted by molar-refractivity contribution is 9.10. The lowest BCUT2D eigenvalue weighted by molar-refractivity contribution is 0.693. The topological polar surface area (TPSA) is 12.0 Å². The Kier molecular flexibility index (Phi) is 5.17. The lowest BCUT2D eigenvalue weighted by atomic mass is 10.1. The van der Waals surface area contributed by atoms with E-state index in [0.29, 0.717) is 0 Å². The maximum absolute atomic E-state index is 3.57. The molecule has 1 N–H and O–H groups in total. The van der Waals surface area contributed by atoms with Crippen LogP contribution in [-0.2, 0) is 19.5 Å².